The second-order valence-electron chi connectivity index (χ2n) is 5.64. The van der Waals surface area contributed by atoms with Gasteiger partial charge in [-0.1, -0.05) is 34.8 Å². The number of alkyl halides is 3. The number of hydrogen-bond donors (Lipinski definition) is 1. The van der Waals surface area contributed by atoms with Gasteiger partial charge in [0.25, 0.3) is 3.79 Å². The van der Waals surface area contributed by atoms with Crippen LogP contribution in [0.5, 0.6) is 0 Å². The lowest BCUT2D eigenvalue weighted by Crippen LogP contribution is -2.62. The highest BCUT2D eigenvalue weighted by atomic mass is 35.6. The smallest absolute Gasteiger partial charge is 0.303 e. The van der Waals surface area contributed by atoms with Crippen molar-refractivity contribution in [1.82, 2.24) is 0 Å². The predicted octanol–water partition coefficient (Wildman–Crippen LogP) is 1.52. The second-order valence-corrected chi connectivity index (χ2v) is 7.92. The third kappa shape index (κ3) is 7.25. The predicted molar refractivity (Wildman–Crippen MR) is 96.3 cm³/mol. The van der Waals surface area contributed by atoms with Crippen LogP contribution in [0.1, 0.15) is 20.8 Å². The number of nitrogens with one attached hydrogen (secondary N) is 1. The number of rotatable bonds is 6. The number of carbonyl (C=O) groups is 3. The first-order chi connectivity index (χ1) is 12.9. The molecule has 1 heterocycles. The van der Waals surface area contributed by atoms with Crippen molar-refractivity contribution in [2.75, 3.05) is 13.7 Å². The number of methoxy groups -OCH3 is 1. The fourth-order valence-electron chi connectivity index (χ4n) is 2.41. The van der Waals surface area contributed by atoms with E-state index in [4.69, 9.17) is 68.6 Å². The first kappa shape index (κ1) is 24.7. The molecule has 1 aliphatic heterocycles. The van der Waals surface area contributed by atoms with Gasteiger partial charge in [-0.15, -0.1) is 0 Å². The van der Waals surface area contributed by atoms with Crippen molar-refractivity contribution in [1.29, 1.82) is 5.41 Å². The van der Waals surface area contributed by atoms with E-state index in [-0.39, 0.29) is 6.61 Å². The maximum absolute atomic E-state index is 11.5. The van der Waals surface area contributed by atoms with Crippen LogP contribution in [0.2, 0.25) is 0 Å². The van der Waals surface area contributed by atoms with Crippen molar-refractivity contribution in [3.8, 4) is 0 Å². The van der Waals surface area contributed by atoms with E-state index in [0.29, 0.717) is 0 Å². The molecule has 0 aromatic carbocycles. The van der Waals surface area contributed by atoms with Gasteiger partial charge in [0.2, 0.25) is 12.2 Å². The van der Waals surface area contributed by atoms with E-state index in [9.17, 15) is 14.4 Å². The highest BCUT2D eigenvalue weighted by Crippen LogP contribution is 2.33. The van der Waals surface area contributed by atoms with Crippen LogP contribution in [0, 0.1) is 5.41 Å². The molecule has 0 aromatic rings. The van der Waals surface area contributed by atoms with Gasteiger partial charge >= 0.3 is 17.9 Å². The molecule has 5 atom stereocenters. The quantitative estimate of drug-likeness (QED) is 0.204. The molecule has 0 radical (unpaired) electrons. The molecule has 1 unspecified atom stereocenters. The Labute approximate surface area is 176 Å². The minimum atomic E-state index is -2.22. The lowest BCUT2D eigenvalue weighted by atomic mass is 9.98. The third-order valence-electron chi connectivity index (χ3n) is 3.41. The van der Waals surface area contributed by atoms with Crippen LogP contribution in [0.15, 0.2) is 0 Å². The Morgan fingerprint density at radius 1 is 0.929 bits per heavy atom. The molecule has 0 aromatic heterocycles. The van der Waals surface area contributed by atoms with E-state index in [1.165, 1.54) is 14.0 Å². The molecule has 0 amide bonds. The zero-order valence-corrected chi connectivity index (χ0v) is 17.7. The van der Waals surface area contributed by atoms with Crippen LogP contribution < -0.4 is 0 Å². The van der Waals surface area contributed by atoms with Crippen LogP contribution in [-0.2, 0) is 42.8 Å². The summed E-state index contributed by atoms with van der Waals surface area (Å²) in [4.78, 5) is 34.2. The summed E-state index contributed by atoms with van der Waals surface area (Å²) in [6.07, 6.45) is -6.10. The van der Waals surface area contributed by atoms with Gasteiger partial charge in [-0.05, 0) is 0 Å². The molecule has 1 saturated heterocycles. The van der Waals surface area contributed by atoms with Crippen LogP contribution in [-0.4, -0.2) is 72.0 Å². The maximum Gasteiger partial charge on any atom is 0.303 e. The minimum Gasteiger partial charge on any atom is -0.463 e. The molecule has 13 heteroatoms. The molecule has 0 aliphatic carbocycles. The third-order valence-corrected chi connectivity index (χ3v) is 3.92. The molecular formula is C15H20Cl3NO9. The number of ether oxygens (including phenoxy) is 6. The highest BCUT2D eigenvalue weighted by molar-refractivity contribution is 6.76. The molecule has 0 saturated carbocycles. The molecular weight excluding hydrogens is 445 g/mol. The van der Waals surface area contributed by atoms with Gasteiger partial charge in [-0.25, -0.2) is 0 Å². The fraction of sp³-hybridized carbons (Fsp3) is 0.733. The summed E-state index contributed by atoms with van der Waals surface area (Å²) in [5.41, 5.74) is 0. The van der Waals surface area contributed by atoms with Crippen LogP contribution in [0.25, 0.3) is 0 Å². The molecule has 10 nitrogen and oxygen atoms in total. The lowest BCUT2D eigenvalue weighted by Gasteiger charge is -2.44. The molecule has 1 rings (SSSR count). The Hall–Kier alpha value is -1.33. The molecule has 0 spiro atoms. The van der Waals surface area contributed by atoms with Gasteiger partial charge in [0.05, 0.1) is 0 Å². The Morgan fingerprint density at radius 3 is 1.89 bits per heavy atom. The lowest BCUT2D eigenvalue weighted by molar-refractivity contribution is -0.293. The van der Waals surface area contributed by atoms with E-state index in [0.717, 1.165) is 13.8 Å². The molecule has 160 valence electrons. The number of hydrogen-bond acceptors (Lipinski definition) is 10. The molecule has 28 heavy (non-hydrogen) atoms. The fourth-order valence-corrected chi connectivity index (χ4v) is 2.54. The zero-order valence-electron chi connectivity index (χ0n) is 15.4. The molecule has 1 N–H and O–H groups in total. The summed E-state index contributed by atoms with van der Waals surface area (Å²) in [5, 5.41) is 7.72. The SMILES string of the molecule is CO[C@H]1[C@H](OC(C)=O)[C@@H](COC(C)=O)OC(OC(=N)C(Cl)(Cl)Cl)[C@@H]1OC(C)=O. The van der Waals surface area contributed by atoms with Gasteiger partial charge in [0, 0.05) is 27.9 Å². The van der Waals surface area contributed by atoms with Crippen molar-refractivity contribution in [3.63, 3.8) is 0 Å². The number of esters is 3. The summed E-state index contributed by atoms with van der Waals surface area (Å²) in [5.74, 6) is -2.84. The van der Waals surface area contributed by atoms with Gasteiger partial charge in [0.15, 0.2) is 12.2 Å². The maximum atomic E-state index is 11.5. The Morgan fingerprint density at radius 2 is 1.46 bits per heavy atom. The second kappa shape index (κ2) is 10.4. The summed E-state index contributed by atoms with van der Waals surface area (Å²) in [6, 6.07) is 0. The first-order valence-electron chi connectivity index (χ1n) is 7.85. The van der Waals surface area contributed by atoms with Crippen LogP contribution in [0.4, 0.5) is 0 Å². The minimum absolute atomic E-state index is 0.346. The first-order valence-corrected chi connectivity index (χ1v) is 8.98. The molecule has 1 aliphatic rings. The van der Waals surface area contributed by atoms with Crippen molar-refractivity contribution in [2.24, 2.45) is 0 Å². The topological polar surface area (TPSA) is 130 Å². The van der Waals surface area contributed by atoms with Crippen LogP contribution >= 0.6 is 34.8 Å². The van der Waals surface area contributed by atoms with Crippen molar-refractivity contribution in [2.45, 2.75) is 55.3 Å². The van der Waals surface area contributed by atoms with Crippen LogP contribution in [0.3, 0.4) is 0 Å². The molecule has 1 fully saturated rings. The average Bonchev–Trinajstić information content (AvgIpc) is 2.53. The normalized spacial score (nSPS) is 27.5. The number of carbonyl (C=O) groups excluding carboxylic acids is 3. The summed E-state index contributed by atoms with van der Waals surface area (Å²) < 4.78 is 29.2. The number of halogens is 3. The monoisotopic (exact) mass is 463 g/mol. The Bertz CT molecular complexity index is 610. The van der Waals surface area contributed by atoms with Gasteiger partial charge in [-0.2, -0.15) is 0 Å². The Kier molecular flexibility index (Phi) is 9.22. The van der Waals surface area contributed by atoms with Gasteiger partial charge in [-0.3, -0.25) is 19.8 Å². The van der Waals surface area contributed by atoms with E-state index in [2.05, 4.69) is 0 Å². The van der Waals surface area contributed by atoms with Crippen molar-refractivity contribution < 1.29 is 42.8 Å². The standard InChI is InChI=1S/C15H20Cl3NO9/c1-6(20)24-5-9-10(25-7(2)21)11(23-4)12(26-8(3)22)13(27-9)28-14(19)15(16,17)18/h9-13,19H,5H2,1-4H3/t9-,10-,11+,12-,13?/m1/s1. The van der Waals surface area contributed by atoms with E-state index >= 15 is 0 Å². The summed E-state index contributed by atoms with van der Waals surface area (Å²) in [7, 11) is 1.27. The summed E-state index contributed by atoms with van der Waals surface area (Å²) >= 11 is 16.8. The summed E-state index contributed by atoms with van der Waals surface area (Å²) in [6.45, 7) is 3.10. The van der Waals surface area contributed by atoms with E-state index in [1.54, 1.807) is 0 Å². The average molecular weight is 465 g/mol. The van der Waals surface area contributed by atoms with Crippen molar-refractivity contribution >= 4 is 58.6 Å². The highest BCUT2D eigenvalue weighted by Gasteiger charge is 2.52. The van der Waals surface area contributed by atoms with Gasteiger partial charge in [0.1, 0.15) is 18.8 Å². The largest absolute Gasteiger partial charge is 0.463 e. The van der Waals surface area contributed by atoms with Crippen molar-refractivity contribution in [3.05, 3.63) is 0 Å². The zero-order chi connectivity index (χ0) is 21.6. The van der Waals surface area contributed by atoms with Gasteiger partial charge < -0.3 is 28.4 Å². The molecule has 0 bridgehead atoms. The Balaban J connectivity index is 3.23. The van der Waals surface area contributed by atoms with E-state index < -0.39 is 58.3 Å². The van der Waals surface area contributed by atoms with E-state index in [1.807, 2.05) is 0 Å².